The summed E-state index contributed by atoms with van der Waals surface area (Å²) in [4.78, 5) is 26.7. The van der Waals surface area contributed by atoms with Crippen molar-refractivity contribution in [1.82, 2.24) is 10.3 Å². The minimum atomic E-state index is -1.09. The highest BCUT2D eigenvalue weighted by atomic mass is 16.5. The second kappa shape index (κ2) is 7.57. The Morgan fingerprint density at radius 1 is 1.28 bits per heavy atom. The summed E-state index contributed by atoms with van der Waals surface area (Å²) in [5.41, 5.74) is 0.712. The first-order chi connectivity index (χ1) is 11.7. The van der Waals surface area contributed by atoms with Gasteiger partial charge in [0, 0.05) is 23.9 Å². The van der Waals surface area contributed by atoms with Crippen LogP contribution in [0.3, 0.4) is 0 Å². The van der Waals surface area contributed by atoms with Crippen LogP contribution in [0.4, 0.5) is 0 Å². The van der Waals surface area contributed by atoms with Crippen molar-refractivity contribution in [1.29, 1.82) is 0 Å². The van der Waals surface area contributed by atoms with Crippen LogP contribution in [0, 0.1) is 0 Å². The number of hydrogen-bond donors (Lipinski definition) is 3. The molecule has 1 heterocycles. The maximum atomic E-state index is 12.4. The normalized spacial score (nSPS) is 12.8. The van der Waals surface area contributed by atoms with Crippen molar-refractivity contribution in [2.75, 3.05) is 13.7 Å². The number of benzene rings is 1. The number of carbonyl (C=O) groups excluding carboxylic acids is 1. The quantitative estimate of drug-likeness (QED) is 0.714. The third-order valence-corrected chi connectivity index (χ3v) is 3.62. The summed E-state index contributed by atoms with van der Waals surface area (Å²) in [6, 6.07) is 6.03. The maximum absolute atomic E-state index is 12.4. The van der Waals surface area contributed by atoms with Gasteiger partial charge in [-0.05, 0) is 45.0 Å². The molecule has 1 aromatic heterocycles. The van der Waals surface area contributed by atoms with Crippen LogP contribution in [-0.4, -0.2) is 47.3 Å². The molecule has 25 heavy (non-hydrogen) atoms. The molecule has 7 nitrogen and oxygen atoms in total. The third kappa shape index (κ3) is 5.22. The van der Waals surface area contributed by atoms with Gasteiger partial charge in [-0.3, -0.25) is 4.79 Å². The Balaban J connectivity index is 2.06. The number of rotatable bonds is 7. The molecule has 0 aliphatic heterocycles. The van der Waals surface area contributed by atoms with Crippen molar-refractivity contribution in [3.63, 3.8) is 0 Å². The van der Waals surface area contributed by atoms with Crippen molar-refractivity contribution in [2.45, 2.75) is 38.8 Å². The van der Waals surface area contributed by atoms with E-state index in [1.807, 2.05) is 20.8 Å². The Morgan fingerprint density at radius 3 is 2.60 bits per heavy atom. The number of ether oxygens (including phenoxy) is 2. The average Bonchev–Trinajstić information content (AvgIpc) is 2.95. The van der Waals surface area contributed by atoms with Crippen LogP contribution >= 0.6 is 0 Å². The van der Waals surface area contributed by atoms with Gasteiger partial charge < -0.3 is 24.9 Å². The second-order valence-corrected chi connectivity index (χ2v) is 6.75. The van der Waals surface area contributed by atoms with E-state index in [0.29, 0.717) is 11.4 Å². The van der Waals surface area contributed by atoms with Gasteiger partial charge in [0.25, 0.3) is 5.91 Å². The number of carboxylic acids is 1. The van der Waals surface area contributed by atoms with Gasteiger partial charge in [-0.15, -0.1) is 0 Å². The highest BCUT2D eigenvalue weighted by Crippen LogP contribution is 2.21. The lowest BCUT2D eigenvalue weighted by molar-refractivity contribution is -0.140. The fraction of sp³-hybridized carbons (Fsp3) is 0.444. The van der Waals surface area contributed by atoms with Crippen LogP contribution in [0.2, 0.25) is 0 Å². The van der Waals surface area contributed by atoms with Crippen LogP contribution in [0.15, 0.2) is 24.3 Å². The molecule has 0 saturated carbocycles. The van der Waals surface area contributed by atoms with Crippen molar-refractivity contribution in [3.8, 4) is 5.75 Å². The van der Waals surface area contributed by atoms with E-state index in [4.69, 9.17) is 9.47 Å². The summed E-state index contributed by atoms with van der Waals surface area (Å²) < 4.78 is 10.7. The topological polar surface area (TPSA) is 101 Å². The van der Waals surface area contributed by atoms with Crippen molar-refractivity contribution in [2.24, 2.45) is 0 Å². The van der Waals surface area contributed by atoms with Crippen LogP contribution in [-0.2, 0) is 9.53 Å². The number of aromatic nitrogens is 1. The number of H-pyrrole nitrogens is 1. The molecule has 0 saturated heterocycles. The molecule has 1 aromatic carbocycles. The van der Waals surface area contributed by atoms with Gasteiger partial charge >= 0.3 is 5.97 Å². The second-order valence-electron chi connectivity index (χ2n) is 6.75. The van der Waals surface area contributed by atoms with E-state index < -0.39 is 17.9 Å². The summed E-state index contributed by atoms with van der Waals surface area (Å²) >= 11 is 0. The molecule has 1 unspecified atom stereocenters. The molecule has 2 rings (SSSR count). The SMILES string of the molecule is COc1ccc2[nH]c(C(=O)NC(CCOC(C)(C)C)C(=O)O)cc2c1. The number of hydrogen-bond acceptors (Lipinski definition) is 4. The summed E-state index contributed by atoms with van der Waals surface area (Å²) in [6.07, 6.45) is 0.187. The van der Waals surface area contributed by atoms with E-state index >= 15 is 0 Å². The summed E-state index contributed by atoms with van der Waals surface area (Å²) in [5, 5.41) is 12.6. The van der Waals surface area contributed by atoms with E-state index in [0.717, 1.165) is 10.9 Å². The third-order valence-electron chi connectivity index (χ3n) is 3.62. The van der Waals surface area contributed by atoms with Gasteiger partial charge in [-0.1, -0.05) is 0 Å². The molecule has 0 spiro atoms. The van der Waals surface area contributed by atoms with Crippen LogP contribution < -0.4 is 10.1 Å². The number of fused-ring (bicyclic) bond motifs is 1. The Hall–Kier alpha value is -2.54. The first-order valence-electron chi connectivity index (χ1n) is 8.04. The largest absolute Gasteiger partial charge is 0.497 e. The molecule has 0 aliphatic carbocycles. The Labute approximate surface area is 146 Å². The molecule has 7 heteroatoms. The minimum absolute atomic E-state index is 0.187. The molecule has 136 valence electrons. The predicted octanol–water partition coefficient (Wildman–Crippen LogP) is 2.56. The summed E-state index contributed by atoms with van der Waals surface area (Å²) in [6.45, 7) is 5.91. The first-order valence-corrected chi connectivity index (χ1v) is 8.04. The highest BCUT2D eigenvalue weighted by molar-refractivity contribution is 5.99. The summed E-state index contributed by atoms with van der Waals surface area (Å²) in [7, 11) is 1.57. The van der Waals surface area contributed by atoms with Gasteiger partial charge in [-0.25, -0.2) is 4.79 Å². The number of nitrogens with one attached hydrogen (secondary N) is 2. The fourth-order valence-electron chi connectivity index (χ4n) is 2.34. The Kier molecular flexibility index (Phi) is 5.69. The number of amides is 1. The zero-order valence-corrected chi connectivity index (χ0v) is 14.9. The monoisotopic (exact) mass is 348 g/mol. The molecule has 1 atom stereocenters. The minimum Gasteiger partial charge on any atom is -0.497 e. The molecule has 0 bridgehead atoms. The lowest BCUT2D eigenvalue weighted by Crippen LogP contribution is -2.42. The lowest BCUT2D eigenvalue weighted by Gasteiger charge is -2.21. The van der Waals surface area contributed by atoms with Gasteiger partial charge in [0.1, 0.15) is 17.5 Å². The predicted molar refractivity (Wildman–Crippen MR) is 94.1 cm³/mol. The van der Waals surface area contributed by atoms with Gasteiger partial charge in [0.05, 0.1) is 12.7 Å². The van der Waals surface area contributed by atoms with E-state index in [2.05, 4.69) is 10.3 Å². The van der Waals surface area contributed by atoms with E-state index in [1.54, 1.807) is 31.4 Å². The zero-order chi connectivity index (χ0) is 18.6. The van der Waals surface area contributed by atoms with Crippen molar-refractivity contribution >= 4 is 22.8 Å². The van der Waals surface area contributed by atoms with Crippen molar-refractivity contribution in [3.05, 3.63) is 30.0 Å². The first kappa shape index (κ1) is 18.8. The van der Waals surface area contributed by atoms with E-state index in [9.17, 15) is 14.7 Å². The smallest absolute Gasteiger partial charge is 0.326 e. The number of aromatic amines is 1. The van der Waals surface area contributed by atoms with Crippen LogP contribution in [0.25, 0.3) is 10.9 Å². The maximum Gasteiger partial charge on any atom is 0.326 e. The lowest BCUT2D eigenvalue weighted by atomic mass is 10.1. The van der Waals surface area contributed by atoms with Gasteiger partial charge in [0.15, 0.2) is 0 Å². The molecule has 1 amide bonds. The molecule has 3 N–H and O–H groups in total. The average molecular weight is 348 g/mol. The molecule has 2 aromatic rings. The molecule has 0 fully saturated rings. The number of methoxy groups -OCH3 is 1. The number of carboxylic acid groups (broad SMARTS) is 1. The molecular formula is C18H24N2O5. The van der Waals surface area contributed by atoms with Crippen molar-refractivity contribution < 1.29 is 24.2 Å². The van der Waals surface area contributed by atoms with Crippen LogP contribution in [0.5, 0.6) is 5.75 Å². The molecular weight excluding hydrogens is 324 g/mol. The highest BCUT2D eigenvalue weighted by Gasteiger charge is 2.22. The fourth-order valence-corrected chi connectivity index (χ4v) is 2.34. The Bertz CT molecular complexity index is 760. The number of aliphatic carboxylic acids is 1. The Morgan fingerprint density at radius 2 is 2.00 bits per heavy atom. The molecule has 0 radical (unpaired) electrons. The van der Waals surface area contributed by atoms with Crippen LogP contribution in [0.1, 0.15) is 37.7 Å². The number of carbonyl (C=O) groups is 2. The van der Waals surface area contributed by atoms with E-state index in [1.165, 1.54) is 0 Å². The van der Waals surface area contributed by atoms with E-state index in [-0.39, 0.29) is 18.6 Å². The standard InChI is InChI=1S/C18H24N2O5/c1-18(2,3)25-8-7-14(17(22)23)20-16(21)15-10-11-9-12(24-4)5-6-13(11)19-15/h5-6,9-10,14,19H,7-8H2,1-4H3,(H,20,21)(H,22,23). The molecule has 0 aliphatic rings. The summed E-state index contributed by atoms with van der Waals surface area (Å²) in [5.74, 6) is -0.886. The van der Waals surface area contributed by atoms with Gasteiger partial charge in [0.2, 0.25) is 0 Å². The van der Waals surface area contributed by atoms with Gasteiger partial charge in [-0.2, -0.15) is 0 Å². The zero-order valence-electron chi connectivity index (χ0n) is 14.9.